The first kappa shape index (κ1) is 13.0. The summed E-state index contributed by atoms with van der Waals surface area (Å²) >= 11 is 0. The highest BCUT2D eigenvalue weighted by Crippen LogP contribution is 2.08. The molecular weight excluding hydrogens is 178 g/mol. The van der Waals surface area contributed by atoms with Crippen LogP contribution in [0.25, 0.3) is 0 Å². The molecule has 0 bridgehead atoms. The van der Waals surface area contributed by atoms with Crippen molar-refractivity contribution in [3.8, 4) is 6.26 Å². The first-order valence-corrected chi connectivity index (χ1v) is 5.40. The molecular formula is C11H19NO2. The maximum atomic E-state index is 10.7. The Kier molecular flexibility index (Phi) is 9.30. The number of carbonyl (C=O) groups excluding carboxylic acids is 1. The fourth-order valence-electron chi connectivity index (χ4n) is 1.33. The molecule has 0 N–H and O–H groups in total. The largest absolute Gasteiger partial charge is 0.351 e. The third-order valence-electron chi connectivity index (χ3n) is 2.14. The van der Waals surface area contributed by atoms with E-state index in [1.54, 1.807) is 0 Å². The molecule has 0 aromatic carbocycles. The second kappa shape index (κ2) is 10.0. The smallest absolute Gasteiger partial charge is 0.321 e. The molecule has 0 aromatic rings. The lowest BCUT2D eigenvalue weighted by Gasteiger charge is -1.99. The first-order chi connectivity index (χ1) is 6.81. The Bertz CT molecular complexity index is 184. The summed E-state index contributed by atoms with van der Waals surface area (Å²) < 4.78 is 4.15. The predicted octanol–water partition coefficient (Wildman–Crippen LogP) is 3.15. The minimum Gasteiger partial charge on any atom is -0.351 e. The molecule has 0 aromatic heterocycles. The molecule has 0 spiro atoms. The molecule has 80 valence electrons. The summed E-state index contributed by atoms with van der Waals surface area (Å²) in [5, 5.41) is 8.04. The van der Waals surface area contributed by atoms with Crippen molar-refractivity contribution in [3.63, 3.8) is 0 Å². The van der Waals surface area contributed by atoms with Gasteiger partial charge in [-0.1, -0.05) is 45.4 Å². The Balaban J connectivity index is 3.06. The van der Waals surface area contributed by atoms with Gasteiger partial charge in [-0.25, -0.2) is 0 Å². The van der Waals surface area contributed by atoms with Crippen molar-refractivity contribution in [2.45, 2.75) is 58.3 Å². The minimum absolute atomic E-state index is 0.376. The number of nitrogens with zero attached hydrogens (tertiary/aromatic N) is 1. The molecule has 0 atom stereocenters. The van der Waals surface area contributed by atoms with Gasteiger partial charge in [0.15, 0.2) is 0 Å². The molecule has 0 aliphatic heterocycles. The second-order valence-electron chi connectivity index (χ2n) is 3.44. The van der Waals surface area contributed by atoms with Crippen LogP contribution >= 0.6 is 0 Å². The van der Waals surface area contributed by atoms with Gasteiger partial charge < -0.3 is 4.74 Å². The fraction of sp³-hybridized carbons (Fsp3) is 0.818. The van der Waals surface area contributed by atoms with Crippen LogP contribution in [0.2, 0.25) is 0 Å². The Hall–Kier alpha value is -1.04. The first-order valence-electron chi connectivity index (χ1n) is 5.40. The van der Waals surface area contributed by atoms with Crippen molar-refractivity contribution in [2.75, 3.05) is 0 Å². The number of rotatable bonds is 8. The molecule has 0 fully saturated rings. The summed E-state index contributed by atoms with van der Waals surface area (Å²) in [6.45, 7) is 2.19. The van der Waals surface area contributed by atoms with Gasteiger partial charge in [-0.3, -0.25) is 4.79 Å². The van der Waals surface area contributed by atoms with Gasteiger partial charge in [-0.15, -0.1) is 5.26 Å². The molecule has 0 unspecified atom stereocenters. The van der Waals surface area contributed by atoms with Crippen molar-refractivity contribution in [1.82, 2.24) is 0 Å². The van der Waals surface area contributed by atoms with Crippen molar-refractivity contribution in [2.24, 2.45) is 0 Å². The van der Waals surface area contributed by atoms with E-state index >= 15 is 0 Å². The Morgan fingerprint density at radius 2 is 1.71 bits per heavy atom. The van der Waals surface area contributed by atoms with Crippen LogP contribution in [0.5, 0.6) is 0 Å². The molecule has 0 rings (SSSR count). The number of carbonyl (C=O) groups is 1. The van der Waals surface area contributed by atoms with Crippen LogP contribution in [0.1, 0.15) is 58.3 Å². The molecule has 3 nitrogen and oxygen atoms in total. The zero-order valence-corrected chi connectivity index (χ0v) is 8.92. The molecule has 0 aliphatic rings. The lowest BCUT2D eigenvalue weighted by atomic mass is 10.1. The summed E-state index contributed by atoms with van der Waals surface area (Å²) in [4.78, 5) is 10.7. The monoisotopic (exact) mass is 197 g/mol. The molecule has 0 heterocycles. The number of unbranched alkanes of at least 4 members (excludes halogenated alkanes) is 6. The Morgan fingerprint density at radius 1 is 1.14 bits per heavy atom. The number of ether oxygens (including phenoxy) is 1. The lowest BCUT2D eigenvalue weighted by molar-refractivity contribution is -0.137. The van der Waals surface area contributed by atoms with Crippen molar-refractivity contribution < 1.29 is 9.53 Å². The Morgan fingerprint density at radius 3 is 2.29 bits per heavy atom. The zero-order valence-electron chi connectivity index (χ0n) is 8.92. The van der Waals surface area contributed by atoms with Crippen molar-refractivity contribution in [1.29, 1.82) is 5.26 Å². The van der Waals surface area contributed by atoms with Crippen molar-refractivity contribution in [3.05, 3.63) is 0 Å². The van der Waals surface area contributed by atoms with Gasteiger partial charge >= 0.3 is 5.97 Å². The number of hydrogen-bond acceptors (Lipinski definition) is 3. The zero-order chi connectivity index (χ0) is 10.6. The topological polar surface area (TPSA) is 50.1 Å². The SMILES string of the molecule is CCCCCCCCCC(=O)OC#N. The van der Waals surface area contributed by atoms with Crippen LogP contribution in [-0.4, -0.2) is 5.97 Å². The maximum absolute atomic E-state index is 10.7. The second-order valence-corrected chi connectivity index (χ2v) is 3.44. The normalized spacial score (nSPS) is 9.43. The van der Waals surface area contributed by atoms with Gasteiger partial charge in [-0.05, 0) is 6.42 Å². The highest BCUT2D eigenvalue weighted by molar-refractivity contribution is 5.70. The van der Waals surface area contributed by atoms with Gasteiger partial charge in [0.1, 0.15) is 0 Å². The van der Waals surface area contributed by atoms with E-state index in [9.17, 15) is 4.79 Å². The highest BCUT2D eigenvalue weighted by Gasteiger charge is 2.00. The number of nitriles is 1. The molecule has 0 saturated carbocycles. The van der Waals surface area contributed by atoms with E-state index in [2.05, 4.69) is 11.7 Å². The van der Waals surface area contributed by atoms with Gasteiger partial charge in [-0.2, -0.15) is 0 Å². The Labute approximate surface area is 86.1 Å². The van der Waals surface area contributed by atoms with Gasteiger partial charge in [0.2, 0.25) is 0 Å². The fourth-order valence-corrected chi connectivity index (χ4v) is 1.33. The van der Waals surface area contributed by atoms with E-state index in [1.807, 2.05) is 0 Å². The predicted molar refractivity (Wildman–Crippen MR) is 54.3 cm³/mol. The van der Waals surface area contributed by atoms with Gasteiger partial charge in [0, 0.05) is 6.42 Å². The maximum Gasteiger partial charge on any atom is 0.321 e. The third-order valence-corrected chi connectivity index (χ3v) is 2.14. The average molecular weight is 197 g/mol. The van der Waals surface area contributed by atoms with Gasteiger partial charge in [0.05, 0.1) is 0 Å². The summed E-state index contributed by atoms with van der Waals surface area (Å²) in [6.07, 6.45) is 9.95. The third kappa shape index (κ3) is 9.05. The van der Waals surface area contributed by atoms with Crippen LogP contribution in [0.15, 0.2) is 0 Å². The summed E-state index contributed by atoms with van der Waals surface area (Å²) in [7, 11) is 0. The van der Waals surface area contributed by atoms with E-state index in [4.69, 9.17) is 5.26 Å². The minimum atomic E-state index is -0.402. The van der Waals surface area contributed by atoms with Crippen molar-refractivity contribution >= 4 is 5.97 Å². The van der Waals surface area contributed by atoms with E-state index in [1.165, 1.54) is 38.4 Å². The van der Waals surface area contributed by atoms with Crippen LogP contribution in [0.4, 0.5) is 0 Å². The van der Waals surface area contributed by atoms with Gasteiger partial charge in [0.25, 0.3) is 6.26 Å². The number of esters is 1. The molecule has 0 amide bonds. The number of hydrogen-bond donors (Lipinski definition) is 0. The highest BCUT2D eigenvalue weighted by atomic mass is 16.5. The van der Waals surface area contributed by atoms with Crippen LogP contribution in [-0.2, 0) is 9.53 Å². The van der Waals surface area contributed by atoms with E-state index < -0.39 is 5.97 Å². The summed E-state index contributed by atoms with van der Waals surface area (Å²) in [6, 6.07) is 0. The van der Waals surface area contributed by atoms with E-state index in [0.29, 0.717) is 6.42 Å². The lowest BCUT2D eigenvalue weighted by Crippen LogP contribution is -1.98. The molecule has 0 radical (unpaired) electrons. The summed E-state index contributed by atoms with van der Waals surface area (Å²) in [5.74, 6) is -0.402. The van der Waals surface area contributed by atoms with E-state index in [-0.39, 0.29) is 0 Å². The molecule has 14 heavy (non-hydrogen) atoms. The molecule has 3 heteroatoms. The molecule has 0 saturated heterocycles. The standard InChI is InChI=1S/C11H19NO2/c1-2-3-4-5-6-7-8-9-11(13)14-10-12/h2-9H2,1H3. The van der Waals surface area contributed by atoms with Crippen LogP contribution < -0.4 is 0 Å². The summed E-state index contributed by atoms with van der Waals surface area (Å²) in [5.41, 5.74) is 0. The van der Waals surface area contributed by atoms with Crippen LogP contribution in [0, 0.1) is 11.5 Å². The quantitative estimate of drug-likeness (QED) is 0.341. The van der Waals surface area contributed by atoms with Crippen LogP contribution in [0.3, 0.4) is 0 Å². The molecule has 0 aliphatic carbocycles. The van der Waals surface area contributed by atoms with E-state index in [0.717, 1.165) is 12.8 Å². The average Bonchev–Trinajstić information content (AvgIpc) is 2.17.